The summed E-state index contributed by atoms with van der Waals surface area (Å²) < 4.78 is 0. The van der Waals surface area contributed by atoms with Crippen molar-refractivity contribution in [3.05, 3.63) is 95.7 Å². The minimum Gasteiger partial charge on any atom is -0.380 e. The lowest BCUT2D eigenvalue weighted by molar-refractivity contribution is 1.14. The fraction of sp³-hybridized carbons (Fsp3) is 0.167. The number of rotatable bonds is 5. The molecule has 1 aromatic carbocycles. The van der Waals surface area contributed by atoms with Gasteiger partial charge in [-0.1, -0.05) is 67.5 Å². The van der Waals surface area contributed by atoms with Crippen LogP contribution in [0.4, 0.5) is 5.69 Å². The summed E-state index contributed by atoms with van der Waals surface area (Å²) in [5, 5.41) is 3.49. The highest BCUT2D eigenvalue weighted by molar-refractivity contribution is 7.81. The van der Waals surface area contributed by atoms with Gasteiger partial charge in [0.2, 0.25) is 0 Å². The van der Waals surface area contributed by atoms with E-state index in [1.54, 1.807) is 0 Å². The van der Waals surface area contributed by atoms with Crippen LogP contribution in [0.1, 0.15) is 18.9 Å². The van der Waals surface area contributed by atoms with E-state index in [9.17, 15) is 0 Å². The van der Waals surface area contributed by atoms with Crippen LogP contribution in [0, 0.1) is 11.8 Å². The molecule has 1 unspecified atom stereocenters. The van der Waals surface area contributed by atoms with E-state index in [2.05, 4.69) is 67.6 Å². The molecule has 0 aromatic heterocycles. The molecule has 2 aliphatic rings. The third-order valence-electron chi connectivity index (χ3n) is 4.57. The number of allylic oxidation sites excluding steroid dienone is 8. The fourth-order valence-corrected chi connectivity index (χ4v) is 3.69. The molecule has 0 bridgehead atoms. The molecular weight excluding hydrogens is 334 g/mol. The Hall–Kier alpha value is -2.63. The standard InChI is InChI=1S/C24H23NS/c1-4-19(22-16-25-23-15-11-10-14-21(22)23)20(5-2)24(17(3)26)18-12-8-6-7-9-13-18/h4-6,8,10-12,14-15,17,25-26H,1-2,7,16H2,3H3/b22-19+,24-20+. The lowest BCUT2D eigenvalue weighted by Gasteiger charge is -2.18. The quantitative estimate of drug-likeness (QED) is 0.389. The van der Waals surface area contributed by atoms with Gasteiger partial charge in [-0.25, -0.2) is 0 Å². The van der Waals surface area contributed by atoms with Gasteiger partial charge in [0.25, 0.3) is 0 Å². The Balaban J connectivity index is 2.26. The van der Waals surface area contributed by atoms with Crippen molar-refractivity contribution in [3.63, 3.8) is 0 Å². The van der Waals surface area contributed by atoms with Crippen molar-refractivity contribution in [3.8, 4) is 11.8 Å². The molecule has 1 aliphatic heterocycles. The van der Waals surface area contributed by atoms with Crippen LogP contribution in [-0.2, 0) is 0 Å². The third-order valence-corrected chi connectivity index (χ3v) is 4.83. The summed E-state index contributed by atoms with van der Waals surface area (Å²) in [6.45, 7) is 11.0. The van der Waals surface area contributed by atoms with Gasteiger partial charge in [0, 0.05) is 35.0 Å². The van der Waals surface area contributed by atoms with Gasteiger partial charge in [-0.3, -0.25) is 0 Å². The summed E-state index contributed by atoms with van der Waals surface area (Å²) in [5.41, 5.74) is 7.83. The molecule has 1 N–H and O–H groups in total. The number of benzene rings is 1. The highest BCUT2D eigenvalue weighted by Crippen LogP contribution is 2.38. The summed E-state index contributed by atoms with van der Waals surface area (Å²) in [5.74, 6) is 6.48. The summed E-state index contributed by atoms with van der Waals surface area (Å²) in [4.78, 5) is 0. The second-order valence-electron chi connectivity index (χ2n) is 6.22. The number of thiol groups is 1. The minimum atomic E-state index is 0.0233. The molecule has 0 amide bonds. The topological polar surface area (TPSA) is 12.0 Å². The molecule has 0 radical (unpaired) electrons. The zero-order valence-electron chi connectivity index (χ0n) is 15.0. The second-order valence-corrected chi connectivity index (χ2v) is 6.99. The second kappa shape index (κ2) is 8.17. The van der Waals surface area contributed by atoms with E-state index in [0.29, 0.717) is 0 Å². The van der Waals surface area contributed by atoms with Crippen molar-refractivity contribution in [2.45, 2.75) is 18.6 Å². The van der Waals surface area contributed by atoms with Gasteiger partial charge in [-0.2, -0.15) is 12.6 Å². The molecule has 0 saturated heterocycles. The highest BCUT2D eigenvalue weighted by atomic mass is 32.1. The van der Waals surface area contributed by atoms with Gasteiger partial charge in [0.05, 0.1) is 0 Å². The van der Waals surface area contributed by atoms with Crippen LogP contribution in [0.25, 0.3) is 5.57 Å². The molecule has 1 aromatic rings. The van der Waals surface area contributed by atoms with Crippen molar-refractivity contribution in [1.29, 1.82) is 0 Å². The van der Waals surface area contributed by atoms with E-state index < -0.39 is 0 Å². The molecule has 1 nitrogen and oxygen atoms in total. The average Bonchev–Trinajstić information content (AvgIpc) is 2.88. The first-order chi connectivity index (χ1) is 12.7. The minimum absolute atomic E-state index is 0.0233. The average molecular weight is 358 g/mol. The van der Waals surface area contributed by atoms with Gasteiger partial charge < -0.3 is 5.32 Å². The number of para-hydroxylation sites is 1. The first-order valence-corrected chi connectivity index (χ1v) is 9.29. The first kappa shape index (κ1) is 18.2. The zero-order valence-corrected chi connectivity index (χ0v) is 15.9. The van der Waals surface area contributed by atoms with Crippen LogP contribution in [0.15, 0.2) is 90.1 Å². The Labute approximate surface area is 162 Å². The maximum Gasteiger partial charge on any atom is 0.0420 e. The van der Waals surface area contributed by atoms with Gasteiger partial charge in [0.15, 0.2) is 0 Å². The summed E-state index contributed by atoms with van der Waals surface area (Å²) in [6.07, 6.45) is 10.8. The lowest BCUT2D eigenvalue weighted by atomic mass is 9.88. The van der Waals surface area contributed by atoms with E-state index in [4.69, 9.17) is 12.6 Å². The molecule has 2 heteroatoms. The molecule has 0 spiro atoms. The molecule has 26 heavy (non-hydrogen) atoms. The maximum atomic E-state index is 4.75. The van der Waals surface area contributed by atoms with E-state index in [1.807, 2.05) is 24.3 Å². The molecule has 1 aliphatic carbocycles. The smallest absolute Gasteiger partial charge is 0.0420 e. The largest absolute Gasteiger partial charge is 0.380 e. The molecule has 1 atom stereocenters. The molecule has 0 saturated carbocycles. The van der Waals surface area contributed by atoms with Gasteiger partial charge in [-0.05, 0) is 41.4 Å². The van der Waals surface area contributed by atoms with Crippen LogP contribution in [0.2, 0.25) is 0 Å². The summed E-state index contributed by atoms with van der Waals surface area (Å²) in [7, 11) is 0. The molecule has 1 heterocycles. The Morgan fingerprint density at radius 1 is 1.27 bits per heavy atom. The summed E-state index contributed by atoms with van der Waals surface area (Å²) in [6, 6.07) is 8.36. The number of hydrogen-bond acceptors (Lipinski definition) is 2. The van der Waals surface area contributed by atoms with E-state index in [0.717, 1.165) is 40.9 Å². The number of nitrogens with one attached hydrogen (secondary N) is 1. The maximum absolute atomic E-state index is 4.75. The predicted molar refractivity (Wildman–Crippen MR) is 117 cm³/mol. The highest BCUT2D eigenvalue weighted by Gasteiger charge is 2.22. The summed E-state index contributed by atoms with van der Waals surface area (Å²) >= 11 is 4.75. The van der Waals surface area contributed by atoms with Crippen molar-refractivity contribution in [2.75, 3.05) is 11.9 Å². The monoisotopic (exact) mass is 357 g/mol. The molecule has 3 rings (SSSR count). The Kier molecular flexibility index (Phi) is 5.71. The number of anilines is 1. The Morgan fingerprint density at radius 2 is 2.08 bits per heavy atom. The van der Waals surface area contributed by atoms with Crippen molar-refractivity contribution in [2.24, 2.45) is 0 Å². The molecule has 130 valence electrons. The normalized spacial score (nSPS) is 18.9. The zero-order chi connectivity index (χ0) is 18.5. The SMILES string of the molecule is C=CC(/C(C=C)=C(/C1=CC=CCC#C1)C(C)S)=C1/CNc2ccccc21. The van der Waals surface area contributed by atoms with Crippen molar-refractivity contribution in [1.82, 2.24) is 0 Å². The number of hydrogen-bond donors (Lipinski definition) is 2. The van der Waals surface area contributed by atoms with Gasteiger partial charge in [0.1, 0.15) is 0 Å². The number of fused-ring (bicyclic) bond motifs is 1. The van der Waals surface area contributed by atoms with Crippen LogP contribution in [-0.4, -0.2) is 11.8 Å². The van der Waals surface area contributed by atoms with Crippen LogP contribution in [0.3, 0.4) is 0 Å². The van der Waals surface area contributed by atoms with Crippen molar-refractivity contribution < 1.29 is 0 Å². The van der Waals surface area contributed by atoms with Crippen LogP contribution in [0.5, 0.6) is 0 Å². The van der Waals surface area contributed by atoms with E-state index in [-0.39, 0.29) is 5.25 Å². The van der Waals surface area contributed by atoms with E-state index in [1.165, 1.54) is 11.1 Å². The first-order valence-electron chi connectivity index (χ1n) is 8.77. The molecular formula is C24H23NS. The van der Waals surface area contributed by atoms with Gasteiger partial charge in [-0.15, -0.1) is 0 Å². The van der Waals surface area contributed by atoms with Crippen LogP contribution < -0.4 is 5.32 Å². The fourth-order valence-electron chi connectivity index (χ4n) is 3.41. The lowest BCUT2D eigenvalue weighted by Crippen LogP contribution is -2.07. The van der Waals surface area contributed by atoms with Crippen molar-refractivity contribution >= 4 is 23.9 Å². The van der Waals surface area contributed by atoms with E-state index >= 15 is 0 Å². The van der Waals surface area contributed by atoms with Gasteiger partial charge >= 0.3 is 0 Å². The Morgan fingerprint density at radius 3 is 2.81 bits per heavy atom. The predicted octanol–water partition coefficient (Wildman–Crippen LogP) is 5.74. The van der Waals surface area contributed by atoms with Crippen LogP contribution >= 0.6 is 12.6 Å². The Bertz CT molecular complexity index is 926. The third kappa shape index (κ3) is 3.49. The molecule has 0 fully saturated rings.